The molecule has 0 spiro atoms. The summed E-state index contributed by atoms with van der Waals surface area (Å²) < 4.78 is 5.65. The number of anilines is 1. The number of nitrogens with one attached hydrogen (secondary N) is 1. The maximum absolute atomic E-state index is 5.65. The van der Waals surface area contributed by atoms with Crippen LogP contribution in [0.4, 0.5) is 5.82 Å². The average molecular weight is 252 g/mol. The van der Waals surface area contributed by atoms with Crippen molar-refractivity contribution in [2.24, 2.45) is 0 Å². The van der Waals surface area contributed by atoms with Gasteiger partial charge in [-0.25, -0.2) is 9.97 Å². The summed E-state index contributed by atoms with van der Waals surface area (Å²) >= 11 is 0. The second kappa shape index (κ2) is 7.16. The number of hydrogen-bond donors (Lipinski definition) is 1. The van der Waals surface area contributed by atoms with Crippen molar-refractivity contribution in [1.82, 2.24) is 14.9 Å². The fourth-order valence-corrected chi connectivity index (χ4v) is 1.92. The summed E-state index contributed by atoms with van der Waals surface area (Å²) in [5.74, 6) is 1.38. The van der Waals surface area contributed by atoms with Gasteiger partial charge in [-0.15, -0.1) is 0 Å². The summed E-state index contributed by atoms with van der Waals surface area (Å²) in [4.78, 5) is 10.5. The van der Waals surface area contributed by atoms with Crippen LogP contribution in [0.5, 0.6) is 5.88 Å². The Balaban J connectivity index is 2.44. The third-order valence-corrected chi connectivity index (χ3v) is 2.82. The second-order valence-corrected chi connectivity index (χ2v) is 4.77. The molecular formula is C13H24N4O. The molecule has 0 saturated carbocycles. The maximum atomic E-state index is 5.65. The van der Waals surface area contributed by atoms with E-state index in [4.69, 9.17) is 4.74 Å². The molecule has 0 fully saturated rings. The number of ether oxygens (including phenoxy) is 1. The van der Waals surface area contributed by atoms with Gasteiger partial charge < -0.3 is 10.1 Å². The number of nitrogens with zero attached hydrogens (tertiary/aromatic N) is 3. The van der Waals surface area contributed by atoms with E-state index >= 15 is 0 Å². The first kappa shape index (κ1) is 14.7. The molecule has 1 aromatic rings. The molecule has 18 heavy (non-hydrogen) atoms. The lowest BCUT2D eigenvalue weighted by molar-refractivity contribution is 0.140. The fraction of sp³-hybridized carbons (Fsp3) is 0.692. The van der Waals surface area contributed by atoms with Gasteiger partial charge in [0, 0.05) is 31.7 Å². The number of aromatic nitrogens is 2. The van der Waals surface area contributed by atoms with Gasteiger partial charge in [-0.05, 0) is 27.7 Å². The predicted octanol–water partition coefficient (Wildman–Crippen LogP) is 2.02. The Morgan fingerprint density at radius 2 is 1.89 bits per heavy atom. The minimum Gasteiger partial charge on any atom is -0.476 e. The highest BCUT2D eigenvalue weighted by Crippen LogP contribution is 2.11. The SMILES string of the molecule is CNc1cc(OCCN(C(C)C)C(C)C)ncn1. The van der Waals surface area contributed by atoms with Crippen LogP contribution in [-0.4, -0.2) is 47.2 Å². The van der Waals surface area contributed by atoms with Gasteiger partial charge in [0.05, 0.1) is 0 Å². The van der Waals surface area contributed by atoms with E-state index in [-0.39, 0.29) is 0 Å². The molecule has 0 unspecified atom stereocenters. The Hall–Kier alpha value is -1.36. The Morgan fingerprint density at radius 1 is 1.22 bits per heavy atom. The Labute approximate surface area is 110 Å². The molecule has 0 atom stereocenters. The van der Waals surface area contributed by atoms with Crippen LogP contribution in [0, 0.1) is 0 Å². The summed E-state index contributed by atoms with van der Waals surface area (Å²) in [6.45, 7) is 10.3. The van der Waals surface area contributed by atoms with Gasteiger partial charge in [-0.2, -0.15) is 0 Å². The summed E-state index contributed by atoms with van der Waals surface area (Å²) in [7, 11) is 1.82. The molecule has 0 aliphatic carbocycles. The van der Waals surface area contributed by atoms with Crippen LogP contribution in [0.25, 0.3) is 0 Å². The van der Waals surface area contributed by atoms with Crippen LogP contribution in [0.15, 0.2) is 12.4 Å². The fourth-order valence-electron chi connectivity index (χ4n) is 1.92. The lowest BCUT2D eigenvalue weighted by Gasteiger charge is -2.30. The van der Waals surface area contributed by atoms with E-state index in [9.17, 15) is 0 Å². The molecule has 1 N–H and O–H groups in total. The van der Waals surface area contributed by atoms with Crippen LogP contribution >= 0.6 is 0 Å². The van der Waals surface area contributed by atoms with E-state index < -0.39 is 0 Å². The van der Waals surface area contributed by atoms with Crippen LogP contribution in [-0.2, 0) is 0 Å². The van der Waals surface area contributed by atoms with Gasteiger partial charge in [-0.1, -0.05) is 0 Å². The van der Waals surface area contributed by atoms with Gasteiger partial charge >= 0.3 is 0 Å². The minimum absolute atomic E-state index is 0.520. The summed E-state index contributed by atoms with van der Waals surface area (Å²) in [5.41, 5.74) is 0. The van der Waals surface area contributed by atoms with Crippen molar-refractivity contribution < 1.29 is 4.74 Å². The summed E-state index contributed by atoms with van der Waals surface area (Å²) in [6, 6.07) is 2.84. The van der Waals surface area contributed by atoms with Crippen LogP contribution in [0.1, 0.15) is 27.7 Å². The minimum atomic E-state index is 0.520. The topological polar surface area (TPSA) is 50.3 Å². The van der Waals surface area contributed by atoms with Gasteiger partial charge in [0.25, 0.3) is 0 Å². The molecule has 1 aromatic heterocycles. The lowest BCUT2D eigenvalue weighted by atomic mass is 10.2. The average Bonchev–Trinajstić information content (AvgIpc) is 2.34. The molecular weight excluding hydrogens is 228 g/mol. The second-order valence-electron chi connectivity index (χ2n) is 4.77. The zero-order valence-corrected chi connectivity index (χ0v) is 12.0. The van der Waals surface area contributed by atoms with E-state index in [0.29, 0.717) is 24.6 Å². The van der Waals surface area contributed by atoms with Crippen LogP contribution in [0.2, 0.25) is 0 Å². The molecule has 0 bridgehead atoms. The highest BCUT2D eigenvalue weighted by Gasteiger charge is 2.12. The molecule has 1 rings (SSSR count). The Bertz CT molecular complexity index is 347. The maximum Gasteiger partial charge on any atom is 0.218 e. The first-order valence-electron chi connectivity index (χ1n) is 6.43. The van der Waals surface area contributed by atoms with Crippen molar-refractivity contribution >= 4 is 5.82 Å². The van der Waals surface area contributed by atoms with Crippen molar-refractivity contribution in [1.29, 1.82) is 0 Å². The molecule has 5 heteroatoms. The molecule has 0 radical (unpaired) electrons. The third kappa shape index (κ3) is 4.49. The van der Waals surface area contributed by atoms with E-state index in [1.165, 1.54) is 6.33 Å². The summed E-state index contributed by atoms with van der Waals surface area (Å²) in [5, 5.41) is 2.96. The zero-order valence-electron chi connectivity index (χ0n) is 12.0. The van der Waals surface area contributed by atoms with Crippen molar-refractivity contribution in [3.05, 3.63) is 12.4 Å². The van der Waals surface area contributed by atoms with Crippen molar-refractivity contribution in [3.8, 4) is 5.88 Å². The lowest BCUT2D eigenvalue weighted by Crippen LogP contribution is -2.39. The highest BCUT2D eigenvalue weighted by atomic mass is 16.5. The normalized spacial score (nSPS) is 11.3. The van der Waals surface area contributed by atoms with E-state index in [1.54, 1.807) is 6.07 Å². The van der Waals surface area contributed by atoms with E-state index in [1.807, 2.05) is 7.05 Å². The molecule has 5 nitrogen and oxygen atoms in total. The predicted molar refractivity (Wildman–Crippen MR) is 74.1 cm³/mol. The smallest absolute Gasteiger partial charge is 0.218 e. The molecule has 0 saturated heterocycles. The van der Waals surface area contributed by atoms with Crippen molar-refractivity contribution in [2.75, 3.05) is 25.5 Å². The molecule has 102 valence electrons. The first-order valence-corrected chi connectivity index (χ1v) is 6.43. The molecule has 0 amide bonds. The summed E-state index contributed by atoms with van der Waals surface area (Å²) in [6.07, 6.45) is 1.50. The van der Waals surface area contributed by atoms with Crippen molar-refractivity contribution in [3.63, 3.8) is 0 Å². The molecule has 0 aliphatic heterocycles. The zero-order chi connectivity index (χ0) is 13.5. The molecule has 0 aliphatic rings. The monoisotopic (exact) mass is 252 g/mol. The molecule has 1 heterocycles. The highest BCUT2D eigenvalue weighted by molar-refractivity contribution is 5.35. The largest absolute Gasteiger partial charge is 0.476 e. The Morgan fingerprint density at radius 3 is 2.44 bits per heavy atom. The van der Waals surface area contributed by atoms with Crippen LogP contribution < -0.4 is 10.1 Å². The molecule has 0 aromatic carbocycles. The van der Waals surface area contributed by atoms with Crippen LogP contribution in [0.3, 0.4) is 0 Å². The Kier molecular flexibility index (Phi) is 5.85. The van der Waals surface area contributed by atoms with E-state index in [2.05, 4.69) is 47.9 Å². The standard InChI is InChI=1S/C13H24N4O/c1-10(2)17(11(3)4)6-7-18-13-8-12(14-5)15-9-16-13/h8-11H,6-7H2,1-5H3,(H,14,15,16). The van der Waals surface area contributed by atoms with Gasteiger partial charge in [0.15, 0.2) is 0 Å². The number of rotatable bonds is 7. The number of hydrogen-bond acceptors (Lipinski definition) is 5. The quantitative estimate of drug-likeness (QED) is 0.804. The van der Waals surface area contributed by atoms with E-state index in [0.717, 1.165) is 12.4 Å². The van der Waals surface area contributed by atoms with Gasteiger partial charge in [0.1, 0.15) is 18.8 Å². The third-order valence-electron chi connectivity index (χ3n) is 2.82. The van der Waals surface area contributed by atoms with Gasteiger partial charge in [-0.3, -0.25) is 4.90 Å². The van der Waals surface area contributed by atoms with Gasteiger partial charge in [0.2, 0.25) is 5.88 Å². The van der Waals surface area contributed by atoms with Crippen molar-refractivity contribution in [2.45, 2.75) is 39.8 Å². The first-order chi connectivity index (χ1) is 8.54.